The zero-order chi connectivity index (χ0) is 18.1. The zero-order valence-electron chi connectivity index (χ0n) is 15.7. The largest absolute Gasteiger partial charge is 0.440 e. The van der Waals surface area contributed by atoms with E-state index in [9.17, 15) is 4.79 Å². The number of hydrogen-bond acceptors (Lipinski definition) is 6. The Kier molecular flexibility index (Phi) is 4.84. The SMILES string of the molecule is CC(C)N1CCC[C@H](c2cnc(N3CC4(CCOCC4)OC3=O)cn2)C1. The average Bonchev–Trinajstić information content (AvgIpc) is 2.98. The molecule has 3 aliphatic rings. The third-order valence-corrected chi connectivity index (χ3v) is 5.91. The van der Waals surface area contributed by atoms with Gasteiger partial charge in [0.2, 0.25) is 0 Å². The van der Waals surface area contributed by atoms with Crippen LogP contribution in [-0.2, 0) is 9.47 Å². The van der Waals surface area contributed by atoms with Gasteiger partial charge in [-0.15, -0.1) is 0 Å². The first-order valence-corrected chi connectivity index (χ1v) is 9.71. The van der Waals surface area contributed by atoms with Crippen LogP contribution >= 0.6 is 0 Å². The smallest absolute Gasteiger partial charge is 0.416 e. The van der Waals surface area contributed by atoms with Crippen molar-refractivity contribution in [1.82, 2.24) is 14.9 Å². The van der Waals surface area contributed by atoms with E-state index in [1.54, 1.807) is 11.1 Å². The molecule has 1 atom stereocenters. The second kappa shape index (κ2) is 7.12. The number of aromatic nitrogens is 2. The molecule has 3 aliphatic heterocycles. The monoisotopic (exact) mass is 360 g/mol. The number of carbonyl (C=O) groups is 1. The minimum atomic E-state index is -0.420. The maximum absolute atomic E-state index is 12.3. The molecule has 1 spiro atoms. The fourth-order valence-electron chi connectivity index (χ4n) is 4.20. The molecule has 142 valence electrons. The molecule has 3 fully saturated rings. The van der Waals surface area contributed by atoms with Crippen molar-refractivity contribution in [3.05, 3.63) is 18.1 Å². The van der Waals surface area contributed by atoms with Crippen molar-refractivity contribution < 1.29 is 14.3 Å². The van der Waals surface area contributed by atoms with Gasteiger partial charge in [-0.25, -0.2) is 9.78 Å². The quantitative estimate of drug-likeness (QED) is 0.825. The van der Waals surface area contributed by atoms with Gasteiger partial charge in [0.1, 0.15) is 5.60 Å². The molecule has 1 aromatic heterocycles. The normalized spacial score (nSPS) is 26.5. The van der Waals surface area contributed by atoms with E-state index < -0.39 is 5.60 Å². The molecule has 0 radical (unpaired) electrons. The molecule has 0 N–H and O–H groups in total. The highest BCUT2D eigenvalue weighted by atomic mass is 16.6. The maximum Gasteiger partial charge on any atom is 0.416 e. The van der Waals surface area contributed by atoms with Gasteiger partial charge in [-0.3, -0.25) is 9.88 Å². The lowest BCUT2D eigenvalue weighted by atomic mass is 9.94. The van der Waals surface area contributed by atoms with Crippen LogP contribution in [0.25, 0.3) is 0 Å². The highest BCUT2D eigenvalue weighted by molar-refractivity contribution is 5.89. The van der Waals surface area contributed by atoms with E-state index in [-0.39, 0.29) is 6.09 Å². The molecule has 26 heavy (non-hydrogen) atoms. The minimum Gasteiger partial charge on any atom is -0.440 e. The highest BCUT2D eigenvalue weighted by Crippen LogP contribution is 2.34. The van der Waals surface area contributed by atoms with E-state index in [4.69, 9.17) is 9.47 Å². The molecule has 7 heteroatoms. The summed E-state index contributed by atoms with van der Waals surface area (Å²) in [5, 5.41) is 0. The van der Waals surface area contributed by atoms with Crippen LogP contribution in [0, 0.1) is 0 Å². The van der Waals surface area contributed by atoms with Crippen LogP contribution in [0.2, 0.25) is 0 Å². The molecule has 0 saturated carbocycles. The van der Waals surface area contributed by atoms with Crippen LogP contribution in [-0.4, -0.2) is 65.5 Å². The first kappa shape index (κ1) is 17.7. The summed E-state index contributed by atoms with van der Waals surface area (Å²) in [6.07, 6.45) is 7.07. The number of ether oxygens (including phenoxy) is 2. The summed E-state index contributed by atoms with van der Waals surface area (Å²) in [6.45, 7) is 8.48. The van der Waals surface area contributed by atoms with E-state index in [2.05, 4.69) is 28.7 Å². The molecule has 4 heterocycles. The number of rotatable bonds is 3. The fourth-order valence-corrected chi connectivity index (χ4v) is 4.20. The first-order valence-electron chi connectivity index (χ1n) is 9.71. The number of anilines is 1. The Morgan fingerprint density at radius 1 is 1.23 bits per heavy atom. The van der Waals surface area contributed by atoms with Gasteiger partial charge in [-0.2, -0.15) is 0 Å². The van der Waals surface area contributed by atoms with Gasteiger partial charge in [0.15, 0.2) is 5.82 Å². The Bertz CT molecular complexity index is 643. The van der Waals surface area contributed by atoms with Gasteiger partial charge < -0.3 is 14.4 Å². The molecule has 0 bridgehead atoms. The molecule has 1 amide bonds. The number of hydrogen-bond donors (Lipinski definition) is 0. The van der Waals surface area contributed by atoms with Crippen LogP contribution in [0.15, 0.2) is 12.4 Å². The van der Waals surface area contributed by atoms with Gasteiger partial charge in [0, 0.05) is 31.3 Å². The van der Waals surface area contributed by atoms with Crippen molar-refractivity contribution in [1.29, 1.82) is 0 Å². The number of piperidine rings is 1. The van der Waals surface area contributed by atoms with Crippen LogP contribution < -0.4 is 4.90 Å². The Balaban J connectivity index is 1.45. The van der Waals surface area contributed by atoms with Crippen molar-refractivity contribution in [2.24, 2.45) is 0 Å². The number of amides is 1. The molecule has 0 aromatic carbocycles. The summed E-state index contributed by atoms with van der Waals surface area (Å²) < 4.78 is 11.1. The third-order valence-electron chi connectivity index (χ3n) is 5.91. The molecule has 0 unspecified atom stereocenters. The van der Waals surface area contributed by atoms with Crippen molar-refractivity contribution in [3.63, 3.8) is 0 Å². The Morgan fingerprint density at radius 3 is 2.73 bits per heavy atom. The first-order chi connectivity index (χ1) is 12.6. The molecule has 0 aliphatic carbocycles. The minimum absolute atomic E-state index is 0.322. The lowest BCUT2D eigenvalue weighted by Gasteiger charge is -2.35. The van der Waals surface area contributed by atoms with E-state index >= 15 is 0 Å². The summed E-state index contributed by atoms with van der Waals surface area (Å²) >= 11 is 0. The third kappa shape index (κ3) is 3.42. The average molecular weight is 360 g/mol. The van der Waals surface area contributed by atoms with Crippen LogP contribution in [0.5, 0.6) is 0 Å². The topological polar surface area (TPSA) is 67.8 Å². The molecular formula is C19H28N4O3. The van der Waals surface area contributed by atoms with Crippen LogP contribution in [0.4, 0.5) is 10.6 Å². The van der Waals surface area contributed by atoms with Gasteiger partial charge in [-0.1, -0.05) is 0 Å². The second-order valence-electron chi connectivity index (χ2n) is 7.98. The lowest BCUT2D eigenvalue weighted by Crippen LogP contribution is -2.40. The molecule has 4 rings (SSSR count). The second-order valence-corrected chi connectivity index (χ2v) is 7.98. The van der Waals surface area contributed by atoms with E-state index in [0.29, 0.717) is 37.5 Å². The fraction of sp³-hybridized carbons (Fsp3) is 0.737. The summed E-state index contributed by atoms with van der Waals surface area (Å²) in [7, 11) is 0. The van der Waals surface area contributed by atoms with E-state index in [0.717, 1.165) is 38.0 Å². The summed E-state index contributed by atoms with van der Waals surface area (Å²) in [6, 6.07) is 0.556. The Morgan fingerprint density at radius 2 is 2.04 bits per heavy atom. The van der Waals surface area contributed by atoms with Gasteiger partial charge >= 0.3 is 6.09 Å². The van der Waals surface area contributed by atoms with Crippen molar-refractivity contribution in [2.75, 3.05) is 37.7 Å². The number of likely N-dealkylation sites (tertiary alicyclic amines) is 1. The van der Waals surface area contributed by atoms with Crippen molar-refractivity contribution in [3.8, 4) is 0 Å². The summed E-state index contributed by atoms with van der Waals surface area (Å²) in [4.78, 5) is 25.6. The van der Waals surface area contributed by atoms with Crippen LogP contribution in [0.3, 0.4) is 0 Å². The summed E-state index contributed by atoms with van der Waals surface area (Å²) in [5.74, 6) is 0.999. The zero-order valence-corrected chi connectivity index (χ0v) is 15.7. The van der Waals surface area contributed by atoms with Crippen molar-refractivity contribution in [2.45, 2.75) is 57.1 Å². The van der Waals surface area contributed by atoms with E-state index in [1.165, 1.54) is 6.42 Å². The highest BCUT2D eigenvalue weighted by Gasteiger charge is 2.47. The van der Waals surface area contributed by atoms with E-state index in [1.807, 2.05) is 6.20 Å². The van der Waals surface area contributed by atoms with Gasteiger partial charge in [0.05, 0.1) is 37.8 Å². The predicted octanol–water partition coefficient (Wildman–Crippen LogP) is 2.57. The maximum atomic E-state index is 12.3. The van der Waals surface area contributed by atoms with Crippen LogP contribution in [0.1, 0.15) is 51.1 Å². The number of nitrogens with zero attached hydrogens (tertiary/aromatic N) is 4. The van der Waals surface area contributed by atoms with Crippen molar-refractivity contribution >= 4 is 11.9 Å². The Labute approximate surface area is 154 Å². The molecular weight excluding hydrogens is 332 g/mol. The standard InChI is InChI=1S/C19H28N4O3/c1-14(2)22-7-3-4-15(12-22)16-10-21-17(11-20-16)23-13-19(26-18(23)24)5-8-25-9-6-19/h10-11,14-15H,3-9,12-13H2,1-2H3/t15-/m0/s1. The molecule has 3 saturated heterocycles. The van der Waals surface area contributed by atoms with Gasteiger partial charge in [-0.05, 0) is 33.2 Å². The number of carbonyl (C=O) groups excluding carboxylic acids is 1. The molecule has 1 aromatic rings. The van der Waals surface area contributed by atoms with Gasteiger partial charge in [0.25, 0.3) is 0 Å². The predicted molar refractivity (Wildman–Crippen MR) is 97.3 cm³/mol. The lowest BCUT2D eigenvalue weighted by molar-refractivity contribution is -0.0431. The Hall–Kier alpha value is -1.73. The molecule has 7 nitrogen and oxygen atoms in total. The summed E-state index contributed by atoms with van der Waals surface area (Å²) in [5.41, 5.74) is 0.601.